The summed E-state index contributed by atoms with van der Waals surface area (Å²) in [6.07, 6.45) is -1.53. The molecule has 1 aliphatic rings. The molecule has 36 heavy (non-hydrogen) atoms. The second kappa shape index (κ2) is 11.1. The van der Waals surface area contributed by atoms with Gasteiger partial charge < -0.3 is 24.8 Å². The molecule has 1 saturated heterocycles. The van der Waals surface area contributed by atoms with Crippen LogP contribution < -0.4 is 20.8 Å². The Morgan fingerprint density at radius 2 is 1.86 bits per heavy atom. The minimum absolute atomic E-state index is 0.0451. The molecular formula is C23H31N5O7P+. The lowest BCUT2D eigenvalue weighted by molar-refractivity contribution is -0.746. The third kappa shape index (κ3) is 5.80. The standard InChI is InChI=1S/C23H30N5O7P/c1-13(2)33-18-16(11-32-36(30)31)35-22(19(18)34-14(3)4)28-12-27(10-15-8-6-5-7-9-15)17-20(28)25-23(24)26-21(17)29/h5-9,12-14,16,18-19,22H,10-11H2,1-4H3,(H2-,24,25,26,29)/p+1/t16-,18-,19-,22-/m1/s1. The number of nitrogen functional groups attached to an aromatic ring is 1. The van der Waals surface area contributed by atoms with E-state index in [1.165, 1.54) is 0 Å². The topological polar surface area (TPSA) is 158 Å². The van der Waals surface area contributed by atoms with Crippen LogP contribution in [0.3, 0.4) is 0 Å². The second-order valence-electron chi connectivity index (χ2n) is 9.14. The van der Waals surface area contributed by atoms with Gasteiger partial charge in [0.15, 0.2) is 6.33 Å². The van der Waals surface area contributed by atoms with Crippen LogP contribution in [0, 0.1) is 0 Å². The number of H-pyrrole nitrogens is 1. The van der Waals surface area contributed by atoms with Crippen molar-refractivity contribution in [3.63, 3.8) is 0 Å². The van der Waals surface area contributed by atoms with E-state index < -0.39 is 38.4 Å². The maximum absolute atomic E-state index is 13.0. The third-order valence-corrected chi connectivity index (χ3v) is 6.01. The average molecular weight is 521 g/mol. The van der Waals surface area contributed by atoms with Crippen molar-refractivity contribution in [1.29, 1.82) is 0 Å². The Kier molecular flexibility index (Phi) is 8.13. The molecule has 3 aromatic rings. The predicted molar refractivity (Wildman–Crippen MR) is 128 cm³/mol. The van der Waals surface area contributed by atoms with Crippen LogP contribution in [0.2, 0.25) is 0 Å². The highest BCUT2D eigenvalue weighted by molar-refractivity contribution is 7.30. The zero-order valence-corrected chi connectivity index (χ0v) is 21.5. The number of hydrogen-bond acceptors (Lipinski definition) is 9. The van der Waals surface area contributed by atoms with Crippen molar-refractivity contribution >= 4 is 25.4 Å². The summed E-state index contributed by atoms with van der Waals surface area (Å²) in [7, 11) is -3.08. The number of benzene rings is 1. The van der Waals surface area contributed by atoms with Gasteiger partial charge in [-0.3, -0.25) is 14.3 Å². The zero-order valence-electron chi connectivity index (χ0n) is 20.6. The van der Waals surface area contributed by atoms with Gasteiger partial charge in [0.1, 0.15) is 24.9 Å². The van der Waals surface area contributed by atoms with Crippen molar-refractivity contribution in [2.75, 3.05) is 12.3 Å². The van der Waals surface area contributed by atoms with Gasteiger partial charge >= 0.3 is 13.9 Å². The van der Waals surface area contributed by atoms with Gasteiger partial charge in [-0.1, -0.05) is 35.3 Å². The van der Waals surface area contributed by atoms with Crippen LogP contribution in [-0.4, -0.2) is 51.7 Å². The lowest BCUT2D eigenvalue weighted by Gasteiger charge is -2.26. The van der Waals surface area contributed by atoms with E-state index in [1.807, 2.05) is 58.0 Å². The Balaban J connectivity index is 1.82. The van der Waals surface area contributed by atoms with Gasteiger partial charge in [-0.2, -0.15) is 0 Å². The van der Waals surface area contributed by atoms with Crippen molar-refractivity contribution in [3.8, 4) is 0 Å². The van der Waals surface area contributed by atoms with Crippen molar-refractivity contribution in [2.24, 2.45) is 0 Å². The number of imidazole rings is 1. The number of anilines is 1. The molecule has 4 rings (SSSR count). The fraction of sp³-hybridized carbons (Fsp3) is 0.522. The van der Waals surface area contributed by atoms with Crippen LogP contribution in [0.1, 0.15) is 39.5 Å². The molecule has 1 fully saturated rings. The largest absolute Gasteiger partial charge is 0.566 e. The van der Waals surface area contributed by atoms with Gasteiger partial charge in [0.25, 0.3) is 11.5 Å². The van der Waals surface area contributed by atoms with Gasteiger partial charge in [0.05, 0.1) is 18.8 Å². The number of nitrogens with two attached hydrogens (primary N) is 1. The van der Waals surface area contributed by atoms with E-state index in [-0.39, 0.29) is 24.8 Å². The van der Waals surface area contributed by atoms with Crippen LogP contribution >= 0.6 is 8.25 Å². The quantitative estimate of drug-likeness (QED) is 0.296. The smallest absolute Gasteiger partial charge is 0.488 e. The molecule has 12 nitrogen and oxygen atoms in total. The number of nitrogens with zero attached hydrogens (tertiary/aromatic N) is 3. The van der Waals surface area contributed by atoms with E-state index in [4.69, 9.17) is 24.5 Å². The highest BCUT2D eigenvalue weighted by Gasteiger charge is 2.51. The molecule has 5 atom stereocenters. The fourth-order valence-corrected chi connectivity index (χ4v) is 4.67. The Hall–Kier alpha value is -2.73. The first-order chi connectivity index (χ1) is 17.1. The van der Waals surface area contributed by atoms with Crippen molar-refractivity contribution in [1.82, 2.24) is 14.5 Å². The molecule has 3 N–H and O–H groups in total. The monoisotopic (exact) mass is 520 g/mol. The Morgan fingerprint density at radius 3 is 2.50 bits per heavy atom. The SMILES string of the molecule is CC(C)O[C@@H]1[C@H](OC(C)C)[C@@H](CO[P+](=O)[O-])O[C@H]1[n+]1cn(Cc2ccccc2)c2c(=O)[nH]c(N)nc21. The van der Waals surface area contributed by atoms with E-state index >= 15 is 0 Å². The average Bonchev–Trinajstić information content (AvgIpc) is 3.30. The molecule has 1 unspecified atom stereocenters. The molecular weight excluding hydrogens is 489 g/mol. The fourth-order valence-electron chi connectivity index (χ4n) is 4.40. The Morgan fingerprint density at radius 1 is 1.19 bits per heavy atom. The maximum atomic E-state index is 13.0. The summed E-state index contributed by atoms with van der Waals surface area (Å²) < 4.78 is 38.1. The number of aromatic amines is 1. The van der Waals surface area contributed by atoms with Crippen molar-refractivity contribution in [3.05, 3.63) is 52.6 Å². The normalized spacial score (nSPS) is 22.7. The Bertz CT molecular complexity index is 1260. The number of rotatable bonds is 10. The minimum atomic E-state index is -3.08. The molecule has 1 aromatic carbocycles. The highest BCUT2D eigenvalue weighted by Crippen LogP contribution is 2.34. The molecule has 0 spiro atoms. The minimum Gasteiger partial charge on any atom is -0.566 e. The van der Waals surface area contributed by atoms with Crippen molar-refractivity contribution < 1.29 is 32.8 Å². The molecule has 1 aliphatic heterocycles. The summed E-state index contributed by atoms with van der Waals surface area (Å²) in [6.45, 7) is 7.65. The summed E-state index contributed by atoms with van der Waals surface area (Å²) in [6, 6.07) is 9.66. The van der Waals surface area contributed by atoms with Crippen LogP contribution in [-0.2, 0) is 29.8 Å². The summed E-state index contributed by atoms with van der Waals surface area (Å²) in [5.41, 5.74) is 7.09. The van der Waals surface area contributed by atoms with Gasteiger partial charge in [0.2, 0.25) is 11.7 Å². The number of nitrogens with one attached hydrogen (secondary N) is 1. The van der Waals surface area contributed by atoms with Gasteiger partial charge in [0, 0.05) is 0 Å². The molecule has 0 saturated carbocycles. The summed E-state index contributed by atoms with van der Waals surface area (Å²) in [5, 5.41) is 0. The van der Waals surface area contributed by atoms with Gasteiger partial charge in [-0.15, -0.1) is 4.52 Å². The van der Waals surface area contributed by atoms with Crippen molar-refractivity contribution in [2.45, 2.75) is 71.0 Å². The first kappa shape index (κ1) is 26.3. The number of ether oxygens (including phenoxy) is 3. The highest BCUT2D eigenvalue weighted by atomic mass is 31.1. The van der Waals surface area contributed by atoms with Crippen LogP contribution in [0.25, 0.3) is 11.2 Å². The van der Waals surface area contributed by atoms with Crippen LogP contribution in [0.4, 0.5) is 5.95 Å². The van der Waals surface area contributed by atoms with E-state index in [1.54, 1.807) is 15.5 Å². The Labute approximate surface area is 208 Å². The summed E-state index contributed by atoms with van der Waals surface area (Å²) in [5.74, 6) is -0.0451. The summed E-state index contributed by atoms with van der Waals surface area (Å²) >= 11 is 0. The van der Waals surface area contributed by atoms with Crippen LogP contribution in [0.15, 0.2) is 41.5 Å². The van der Waals surface area contributed by atoms with E-state index in [9.17, 15) is 14.3 Å². The second-order valence-corrected chi connectivity index (χ2v) is 9.85. The lowest BCUT2D eigenvalue weighted by Crippen LogP contribution is -2.49. The summed E-state index contributed by atoms with van der Waals surface area (Å²) in [4.78, 5) is 31.1. The third-order valence-electron chi connectivity index (χ3n) is 5.65. The van der Waals surface area contributed by atoms with Crippen LogP contribution in [0.5, 0.6) is 0 Å². The first-order valence-corrected chi connectivity index (χ1v) is 12.8. The van der Waals surface area contributed by atoms with Gasteiger partial charge in [-0.25, -0.2) is 4.57 Å². The number of hydrogen-bond donors (Lipinski definition) is 2. The molecule has 13 heteroatoms. The zero-order chi connectivity index (χ0) is 26.0. The number of aromatic nitrogens is 4. The lowest BCUT2D eigenvalue weighted by atomic mass is 10.1. The van der Waals surface area contributed by atoms with E-state index in [0.29, 0.717) is 17.7 Å². The van der Waals surface area contributed by atoms with E-state index in [2.05, 4.69) is 9.97 Å². The van der Waals surface area contributed by atoms with Gasteiger partial charge in [-0.05, 0) is 37.8 Å². The number of fused-ring (bicyclic) bond motifs is 1. The molecule has 2 aromatic heterocycles. The molecule has 194 valence electrons. The predicted octanol–water partition coefficient (Wildman–Crippen LogP) is 1.16. The molecule has 0 radical (unpaired) electrons. The van der Waals surface area contributed by atoms with E-state index in [0.717, 1.165) is 5.56 Å². The molecule has 0 bridgehead atoms. The molecule has 3 heterocycles. The molecule has 0 amide bonds. The first-order valence-electron chi connectivity index (χ1n) is 11.7. The molecule has 0 aliphatic carbocycles. The maximum Gasteiger partial charge on any atom is 0.488 e.